The molecule has 2 unspecified atom stereocenters. The van der Waals surface area contributed by atoms with Crippen LogP contribution in [0.5, 0.6) is 0 Å². The summed E-state index contributed by atoms with van der Waals surface area (Å²) in [6.45, 7) is 1.40. The molecule has 1 aliphatic carbocycles. The zero-order valence-corrected chi connectivity index (χ0v) is 20.7. The van der Waals surface area contributed by atoms with Gasteiger partial charge in [-0.3, -0.25) is 14.6 Å². The number of nitrogens with zero attached hydrogens (tertiary/aromatic N) is 3. The second-order valence-electron chi connectivity index (χ2n) is 9.29. The van der Waals surface area contributed by atoms with Crippen molar-refractivity contribution in [3.8, 4) is 0 Å². The number of benzene rings is 1. The number of amides is 2. The summed E-state index contributed by atoms with van der Waals surface area (Å²) in [5, 5.41) is 1.54. The normalized spacial score (nSPS) is 27.0. The molecule has 34 heavy (non-hydrogen) atoms. The second kappa shape index (κ2) is 9.35. The van der Waals surface area contributed by atoms with Gasteiger partial charge in [0.1, 0.15) is 0 Å². The average molecular weight is 529 g/mol. The highest BCUT2D eigenvalue weighted by Gasteiger charge is 2.61. The third kappa shape index (κ3) is 4.14. The van der Waals surface area contributed by atoms with Crippen molar-refractivity contribution in [3.63, 3.8) is 0 Å². The van der Waals surface area contributed by atoms with E-state index in [2.05, 4.69) is 26.3 Å². The average Bonchev–Trinajstić information content (AvgIpc) is 3.53. The van der Waals surface area contributed by atoms with Crippen LogP contribution >= 0.6 is 15.9 Å². The molecule has 10 heteroatoms. The van der Waals surface area contributed by atoms with Crippen molar-refractivity contribution in [2.24, 2.45) is 5.92 Å². The summed E-state index contributed by atoms with van der Waals surface area (Å²) in [7, 11) is 1.65. The van der Waals surface area contributed by atoms with Crippen LogP contribution in [0.1, 0.15) is 47.2 Å². The van der Waals surface area contributed by atoms with E-state index in [-0.39, 0.29) is 35.5 Å². The maximum absolute atomic E-state index is 13.8. The minimum atomic E-state index is -0.926. The Kier molecular flexibility index (Phi) is 6.43. The number of pyridine rings is 1. The van der Waals surface area contributed by atoms with Crippen molar-refractivity contribution in [1.29, 1.82) is 0 Å². The number of hydrogen-bond donors (Lipinski definition) is 2. The van der Waals surface area contributed by atoms with Crippen LogP contribution in [0, 0.1) is 5.92 Å². The number of nitrogens with one attached hydrogen (secondary N) is 3. The molecule has 3 atom stereocenters. The van der Waals surface area contributed by atoms with Gasteiger partial charge in [-0.25, -0.2) is 5.23 Å². The molecule has 1 saturated carbocycles. The van der Waals surface area contributed by atoms with Crippen molar-refractivity contribution < 1.29 is 19.6 Å². The van der Waals surface area contributed by atoms with Gasteiger partial charge in [-0.15, -0.1) is 5.43 Å². The molecule has 0 bridgehead atoms. The van der Waals surface area contributed by atoms with Crippen LogP contribution in [0.15, 0.2) is 47.2 Å². The van der Waals surface area contributed by atoms with Gasteiger partial charge in [0.25, 0.3) is 11.8 Å². The highest BCUT2D eigenvalue weighted by Crippen LogP contribution is 2.47. The summed E-state index contributed by atoms with van der Waals surface area (Å²) < 4.78 is 6.18. The Bertz CT molecular complexity index is 1100. The quantitative estimate of drug-likeness (QED) is 0.572. The summed E-state index contributed by atoms with van der Waals surface area (Å²) in [5.74, 6) is 8.53. The summed E-state index contributed by atoms with van der Waals surface area (Å²) >= 11 is 3.51. The van der Waals surface area contributed by atoms with E-state index in [1.807, 2.05) is 29.2 Å². The Balaban J connectivity index is 1.38. The molecular formula is C24H29BrN6O3. The van der Waals surface area contributed by atoms with E-state index in [0.29, 0.717) is 24.3 Å². The van der Waals surface area contributed by atoms with Crippen LogP contribution in [0.25, 0.3) is 5.84 Å². The fourth-order valence-corrected chi connectivity index (χ4v) is 5.64. The third-order valence-corrected chi connectivity index (χ3v) is 7.51. The molecule has 2 aliphatic heterocycles. The Hall–Kier alpha value is -2.37. The molecule has 2 amide bonds. The van der Waals surface area contributed by atoms with Crippen LogP contribution in [0.3, 0.4) is 0 Å². The summed E-state index contributed by atoms with van der Waals surface area (Å²) in [4.78, 5) is 33.1. The SMILES string of the molecule is COC[C@H]1CCCN1C(=O)c1cncc(CN2C(=O)C(c3cccc(Br)c3)(C3CC3)N[NH+]2[NH-])c1. The fourth-order valence-electron chi connectivity index (χ4n) is 5.24. The van der Waals surface area contributed by atoms with Crippen molar-refractivity contribution in [2.75, 3.05) is 20.3 Å². The first-order valence-electron chi connectivity index (χ1n) is 11.6. The fraction of sp³-hybridized carbons (Fsp3) is 0.458. The van der Waals surface area contributed by atoms with Gasteiger partial charge in [0.15, 0.2) is 5.54 Å². The molecule has 3 heterocycles. The largest absolute Gasteiger partial charge is 0.421 e. The van der Waals surface area contributed by atoms with E-state index in [0.717, 1.165) is 35.7 Å². The number of quaternary nitrogens is 1. The van der Waals surface area contributed by atoms with Crippen LogP contribution < -0.4 is 10.7 Å². The number of carbonyl (C=O) groups is 2. The predicted octanol–water partition coefficient (Wildman–Crippen LogP) is 2.01. The van der Waals surface area contributed by atoms with Gasteiger partial charge in [-0.05, 0) is 60.9 Å². The molecular weight excluding hydrogens is 500 g/mol. The molecule has 0 spiro atoms. The monoisotopic (exact) mass is 528 g/mol. The van der Waals surface area contributed by atoms with Crippen LogP contribution in [-0.2, 0) is 21.6 Å². The highest BCUT2D eigenvalue weighted by atomic mass is 79.9. The van der Waals surface area contributed by atoms with E-state index >= 15 is 0 Å². The Morgan fingerprint density at radius 3 is 2.88 bits per heavy atom. The number of rotatable bonds is 7. The third-order valence-electron chi connectivity index (χ3n) is 7.02. The van der Waals surface area contributed by atoms with Gasteiger partial charge in [0.2, 0.25) is 0 Å². The van der Waals surface area contributed by atoms with Gasteiger partial charge in [0.05, 0.1) is 24.8 Å². The molecule has 9 nitrogen and oxygen atoms in total. The topological polar surface area (TPSA) is 103 Å². The Labute approximate surface area is 207 Å². The lowest BCUT2D eigenvalue weighted by Crippen LogP contribution is -3.16. The lowest BCUT2D eigenvalue weighted by atomic mass is 9.85. The van der Waals surface area contributed by atoms with Crippen molar-refractivity contribution in [3.05, 3.63) is 69.7 Å². The number of aromatic nitrogens is 1. The van der Waals surface area contributed by atoms with Crippen molar-refractivity contribution in [2.45, 2.75) is 43.8 Å². The van der Waals surface area contributed by atoms with E-state index in [1.165, 1.54) is 5.01 Å². The number of methoxy groups -OCH3 is 1. The number of likely N-dealkylation sites (tertiary alicyclic amines) is 1. The van der Waals surface area contributed by atoms with Crippen molar-refractivity contribution >= 4 is 27.7 Å². The van der Waals surface area contributed by atoms with Crippen LogP contribution in [0.4, 0.5) is 0 Å². The molecule has 180 valence electrons. The highest BCUT2D eigenvalue weighted by molar-refractivity contribution is 9.10. The molecule has 2 aromatic rings. The van der Waals surface area contributed by atoms with Gasteiger partial charge in [-0.2, -0.15) is 5.01 Å². The maximum atomic E-state index is 13.8. The summed E-state index contributed by atoms with van der Waals surface area (Å²) in [6.07, 6.45) is 6.99. The lowest BCUT2D eigenvalue weighted by molar-refractivity contribution is -0.994. The first kappa shape index (κ1) is 23.4. The molecule has 1 aromatic carbocycles. The smallest absolute Gasteiger partial charge is 0.299 e. The maximum Gasteiger partial charge on any atom is 0.299 e. The standard InChI is InChI=1S/C24H29BrN6O3/c1-34-15-21-6-3-9-29(21)22(32)17-10-16(12-27-13-17)14-30-23(33)24(18-7-8-18,28-31(30)26)19-4-2-5-20(25)11-19/h2,4-5,10-13,18,21,26,28,31H,3,6-9,14-15H2,1H3/t21-,24?/m1/s1. The molecule has 0 radical (unpaired) electrons. The number of carbonyl (C=O) groups excluding carboxylic acids is 2. The second-order valence-corrected chi connectivity index (χ2v) is 10.2. The number of ether oxygens (including phenoxy) is 1. The first-order valence-corrected chi connectivity index (χ1v) is 12.4. The van der Waals surface area contributed by atoms with E-state index in [1.54, 1.807) is 25.6 Å². The van der Waals surface area contributed by atoms with E-state index in [4.69, 9.17) is 10.6 Å². The zero-order valence-electron chi connectivity index (χ0n) is 19.1. The lowest BCUT2D eigenvalue weighted by Gasteiger charge is -2.26. The number of hydrogen-bond acceptors (Lipinski definition) is 5. The van der Waals surface area contributed by atoms with E-state index < -0.39 is 5.54 Å². The van der Waals surface area contributed by atoms with Gasteiger partial charge in [-0.1, -0.05) is 28.1 Å². The van der Waals surface area contributed by atoms with E-state index in [9.17, 15) is 9.59 Å². The minimum Gasteiger partial charge on any atom is -0.421 e. The Morgan fingerprint density at radius 1 is 1.32 bits per heavy atom. The minimum absolute atomic E-state index is 0.0723. The summed E-state index contributed by atoms with van der Waals surface area (Å²) in [6, 6.07) is 9.60. The zero-order chi connectivity index (χ0) is 23.9. The molecule has 3 N–H and O–H groups in total. The molecule has 3 fully saturated rings. The Morgan fingerprint density at radius 2 is 2.15 bits per heavy atom. The molecule has 5 rings (SSSR count). The van der Waals surface area contributed by atoms with Crippen molar-refractivity contribution in [1.82, 2.24) is 20.3 Å². The van der Waals surface area contributed by atoms with Crippen LogP contribution in [0.2, 0.25) is 0 Å². The van der Waals surface area contributed by atoms with Gasteiger partial charge in [0, 0.05) is 30.5 Å². The number of halogens is 1. The molecule has 2 saturated heterocycles. The van der Waals surface area contributed by atoms with Gasteiger partial charge < -0.3 is 15.5 Å². The molecule has 1 aromatic heterocycles. The van der Waals surface area contributed by atoms with Gasteiger partial charge >= 0.3 is 0 Å². The summed E-state index contributed by atoms with van der Waals surface area (Å²) in [5.41, 5.74) is 4.37. The predicted molar refractivity (Wildman–Crippen MR) is 128 cm³/mol. The van der Waals surface area contributed by atoms with Crippen LogP contribution in [-0.4, -0.2) is 53.0 Å². The first-order chi connectivity index (χ1) is 16.4. The molecule has 3 aliphatic rings.